The molecular formula is C25H30O5. The molecule has 0 bridgehead atoms. The third-order valence-corrected chi connectivity index (χ3v) is 4.66. The largest absolute Gasteiger partial charge is 0.494 e. The van der Waals surface area contributed by atoms with E-state index < -0.39 is 11.9 Å². The van der Waals surface area contributed by atoms with Gasteiger partial charge in [0.2, 0.25) is 0 Å². The van der Waals surface area contributed by atoms with Gasteiger partial charge < -0.3 is 14.2 Å². The van der Waals surface area contributed by atoms with Crippen molar-refractivity contribution in [2.75, 3.05) is 13.2 Å². The van der Waals surface area contributed by atoms with Crippen LogP contribution >= 0.6 is 0 Å². The predicted molar refractivity (Wildman–Crippen MR) is 117 cm³/mol. The number of carbonyl (C=O) groups is 2. The zero-order valence-electron chi connectivity index (χ0n) is 17.8. The maximum Gasteiger partial charge on any atom is 0.343 e. The van der Waals surface area contributed by atoms with Crippen molar-refractivity contribution in [3.05, 3.63) is 72.3 Å². The molecule has 0 aliphatic rings. The zero-order valence-corrected chi connectivity index (χ0v) is 17.8. The van der Waals surface area contributed by atoms with E-state index in [0.29, 0.717) is 36.0 Å². The molecule has 1 atom stereocenters. The lowest BCUT2D eigenvalue weighted by molar-refractivity contribution is 0.0446. The number of carbonyl (C=O) groups excluding carboxylic acids is 2. The second-order valence-corrected chi connectivity index (χ2v) is 7.18. The van der Waals surface area contributed by atoms with Crippen molar-refractivity contribution >= 4 is 11.9 Å². The number of esters is 2. The van der Waals surface area contributed by atoms with Gasteiger partial charge in [-0.15, -0.1) is 6.58 Å². The molecule has 2 rings (SSSR count). The standard InChI is InChI=1S/C25H30O5/c1-4-6-7-8-17-28-22-13-15-23(16-14-22)30-25(27)21-11-9-20(10-12-21)24(26)29-18-19(3)5-2/h4,9-16,19H,1,5-8,17-18H2,2-3H3. The average Bonchev–Trinajstić information content (AvgIpc) is 2.78. The van der Waals surface area contributed by atoms with Gasteiger partial charge in [-0.05, 0) is 73.7 Å². The Kier molecular flexibility index (Phi) is 9.65. The highest BCUT2D eigenvalue weighted by molar-refractivity contribution is 5.94. The predicted octanol–water partition coefficient (Wildman–Crippen LogP) is 5.84. The van der Waals surface area contributed by atoms with Crippen LogP contribution in [0.1, 0.15) is 60.2 Å². The summed E-state index contributed by atoms with van der Waals surface area (Å²) in [6, 6.07) is 13.2. The normalized spacial score (nSPS) is 11.4. The van der Waals surface area contributed by atoms with Crippen molar-refractivity contribution in [3.8, 4) is 11.5 Å². The highest BCUT2D eigenvalue weighted by Gasteiger charge is 2.13. The minimum Gasteiger partial charge on any atom is -0.494 e. The summed E-state index contributed by atoms with van der Waals surface area (Å²) in [6.45, 7) is 8.79. The Bertz CT molecular complexity index is 808. The average molecular weight is 411 g/mol. The molecule has 0 radical (unpaired) electrons. The molecule has 0 saturated carbocycles. The summed E-state index contributed by atoms with van der Waals surface area (Å²) in [6.07, 6.45) is 5.84. The van der Waals surface area contributed by atoms with Crippen molar-refractivity contribution in [2.24, 2.45) is 5.92 Å². The Morgan fingerprint density at radius 1 is 0.933 bits per heavy atom. The van der Waals surface area contributed by atoms with E-state index in [2.05, 4.69) is 6.58 Å². The van der Waals surface area contributed by atoms with Crippen LogP contribution < -0.4 is 9.47 Å². The smallest absolute Gasteiger partial charge is 0.343 e. The lowest BCUT2D eigenvalue weighted by Gasteiger charge is -2.10. The maximum atomic E-state index is 12.3. The Morgan fingerprint density at radius 2 is 1.53 bits per heavy atom. The van der Waals surface area contributed by atoms with Crippen LogP contribution in [-0.2, 0) is 4.74 Å². The third kappa shape index (κ3) is 7.74. The molecule has 0 aliphatic heterocycles. The fourth-order valence-electron chi connectivity index (χ4n) is 2.51. The lowest BCUT2D eigenvalue weighted by Crippen LogP contribution is -2.12. The first kappa shape index (κ1) is 23.2. The van der Waals surface area contributed by atoms with Crippen molar-refractivity contribution < 1.29 is 23.8 Å². The van der Waals surface area contributed by atoms with E-state index in [-0.39, 0.29) is 0 Å². The molecular weight excluding hydrogens is 380 g/mol. The molecule has 0 fully saturated rings. The quantitative estimate of drug-likeness (QED) is 0.190. The molecule has 0 N–H and O–H groups in total. The number of hydrogen-bond donors (Lipinski definition) is 0. The second-order valence-electron chi connectivity index (χ2n) is 7.18. The second kappa shape index (κ2) is 12.5. The van der Waals surface area contributed by atoms with E-state index in [1.807, 2.05) is 19.9 Å². The number of benzene rings is 2. The summed E-state index contributed by atoms with van der Waals surface area (Å²) in [5, 5.41) is 0. The van der Waals surface area contributed by atoms with Crippen LogP contribution in [0.15, 0.2) is 61.2 Å². The van der Waals surface area contributed by atoms with Crippen LogP contribution in [0.3, 0.4) is 0 Å². The molecule has 160 valence electrons. The van der Waals surface area contributed by atoms with E-state index in [4.69, 9.17) is 14.2 Å². The van der Waals surface area contributed by atoms with Crippen LogP contribution in [0.4, 0.5) is 0 Å². The maximum absolute atomic E-state index is 12.3. The number of allylic oxidation sites excluding steroid dienone is 1. The SMILES string of the molecule is C=CCCCCOc1ccc(OC(=O)c2ccc(C(=O)OCC(C)CC)cc2)cc1. The van der Waals surface area contributed by atoms with Gasteiger partial charge in [-0.2, -0.15) is 0 Å². The molecule has 5 nitrogen and oxygen atoms in total. The van der Waals surface area contributed by atoms with Gasteiger partial charge >= 0.3 is 11.9 Å². The number of hydrogen-bond acceptors (Lipinski definition) is 5. The van der Waals surface area contributed by atoms with Crippen molar-refractivity contribution in [3.63, 3.8) is 0 Å². The number of unbranched alkanes of at least 4 members (excludes halogenated alkanes) is 2. The Labute approximate surface area is 178 Å². The number of ether oxygens (including phenoxy) is 3. The van der Waals surface area contributed by atoms with E-state index >= 15 is 0 Å². The Hall–Kier alpha value is -3.08. The fourth-order valence-corrected chi connectivity index (χ4v) is 2.51. The lowest BCUT2D eigenvalue weighted by atomic mass is 10.1. The summed E-state index contributed by atoms with van der Waals surface area (Å²) < 4.78 is 16.3. The van der Waals surface area contributed by atoms with Gasteiger partial charge in [0.1, 0.15) is 11.5 Å². The molecule has 2 aromatic carbocycles. The van der Waals surface area contributed by atoms with E-state index in [0.717, 1.165) is 31.4 Å². The molecule has 5 heteroatoms. The summed E-state index contributed by atoms with van der Waals surface area (Å²) in [5.41, 5.74) is 0.764. The number of rotatable bonds is 12. The van der Waals surface area contributed by atoms with Crippen LogP contribution in [0, 0.1) is 5.92 Å². The van der Waals surface area contributed by atoms with E-state index in [9.17, 15) is 9.59 Å². The summed E-state index contributed by atoms with van der Waals surface area (Å²) >= 11 is 0. The first-order chi connectivity index (χ1) is 14.5. The first-order valence-electron chi connectivity index (χ1n) is 10.4. The van der Waals surface area contributed by atoms with Crippen LogP contribution in [0.5, 0.6) is 11.5 Å². The van der Waals surface area contributed by atoms with Crippen LogP contribution in [-0.4, -0.2) is 25.2 Å². The minimum atomic E-state index is -0.493. The molecule has 0 amide bonds. The van der Waals surface area contributed by atoms with Gasteiger partial charge in [-0.25, -0.2) is 9.59 Å². The highest BCUT2D eigenvalue weighted by Crippen LogP contribution is 2.19. The van der Waals surface area contributed by atoms with Gasteiger partial charge in [-0.3, -0.25) is 0 Å². The van der Waals surface area contributed by atoms with Crippen molar-refractivity contribution in [1.82, 2.24) is 0 Å². The topological polar surface area (TPSA) is 61.8 Å². The summed E-state index contributed by atoms with van der Waals surface area (Å²) in [5.74, 6) is 0.588. The first-order valence-corrected chi connectivity index (χ1v) is 10.4. The molecule has 30 heavy (non-hydrogen) atoms. The zero-order chi connectivity index (χ0) is 21.8. The third-order valence-electron chi connectivity index (χ3n) is 4.66. The Morgan fingerprint density at radius 3 is 2.13 bits per heavy atom. The van der Waals surface area contributed by atoms with Crippen LogP contribution in [0.2, 0.25) is 0 Å². The minimum absolute atomic E-state index is 0.317. The molecule has 0 aliphatic carbocycles. The van der Waals surface area contributed by atoms with E-state index in [1.165, 1.54) is 0 Å². The molecule has 0 aromatic heterocycles. The highest BCUT2D eigenvalue weighted by atomic mass is 16.5. The molecule has 2 aromatic rings. The van der Waals surface area contributed by atoms with E-state index in [1.54, 1.807) is 48.5 Å². The molecule has 0 saturated heterocycles. The van der Waals surface area contributed by atoms with Crippen molar-refractivity contribution in [1.29, 1.82) is 0 Å². The van der Waals surface area contributed by atoms with Gasteiger partial charge in [0.25, 0.3) is 0 Å². The Balaban J connectivity index is 1.84. The van der Waals surface area contributed by atoms with Crippen molar-refractivity contribution in [2.45, 2.75) is 39.5 Å². The van der Waals surface area contributed by atoms with Crippen LogP contribution in [0.25, 0.3) is 0 Å². The van der Waals surface area contributed by atoms with Gasteiger partial charge in [0, 0.05) is 0 Å². The molecule has 0 heterocycles. The molecule has 1 unspecified atom stereocenters. The summed E-state index contributed by atoms with van der Waals surface area (Å²) in [7, 11) is 0. The molecule has 0 spiro atoms. The monoisotopic (exact) mass is 410 g/mol. The van der Waals surface area contributed by atoms with Gasteiger partial charge in [0.15, 0.2) is 0 Å². The van der Waals surface area contributed by atoms with Gasteiger partial charge in [0.05, 0.1) is 24.3 Å². The van der Waals surface area contributed by atoms with Gasteiger partial charge in [-0.1, -0.05) is 26.3 Å². The summed E-state index contributed by atoms with van der Waals surface area (Å²) in [4.78, 5) is 24.4. The fraction of sp³-hybridized carbons (Fsp3) is 0.360.